The Kier molecular flexibility index (Phi) is 5.21. The van der Waals surface area contributed by atoms with Crippen LogP contribution in [-0.4, -0.2) is 62.2 Å². The van der Waals surface area contributed by atoms with Crippen LogP contribution in [0.4, 0.5) is 0 Å². The molecule has 0 bridgehead atoms. The smallest absolute Gasteiger partial charge is 0.262 e. The third kappa shape index (κ3) is 3.61. The number of para-hydroxylation sites is 1. The predicted octanol–water partition coefficient (Wildman–Crippen LogP) is 2.03. The minimum absolute atomic E-state index is 0.0537. The standard InChI is InChI=1S/C19H25N5O2S/c1-13(2)10-23-8-9-26-14(11-23)12-27-19-21-20-18-22(3)17(25)15-6-4-5-7-16(15)24(18)19/h4-7,13-14H,8-12H2,1-3H3/t14-/m0/s1. The molecule has 1 saturated heterocycles. The number of hydrogen-bond acceptors (Lipinski definition) is 6. The van der Waals surface area contributed by atoms with E-state index >= 15 is 0 Å². The van der Waals surface area contributed by atoms with E-state index in [4.69, 9.17) is 4.74 Å². The highest BCUT2D eigenvalue weighted by Gasteiger charge is 2.22. The largest absolute Gasteiger partial charge is 0.375 e. The van der Waals surface area contributed by atoms with E-state index in [0.29, 0.717) is 17.1 Å². The number of thioether (sulfide) groups is 1. The molecule has 7 nitrogen and oxygen atoms in total. The van der Waals surface area contributed by atoms with Gasteiger partial charge in [0.2, 0.25) is 5.78 Å². The maximum atomic E-state index is 12.5. The molecule has 1 aliphatic heterocycles. The molecule has 144 valence electrons. The summed E-state index contributed by atoms with van der Waals surface area (Å²) < 4.78 is 9.48. The normalized spacial score (nSPS) is 18.7. The van der Waals surface area contributed by atoms with Gasteiger partial charge in [0.05, 0.1) is 23.6 Å². The molecule has 0 saturated carbocycles. The number of ether oxygens (including phenoxy) is 1. The number of rotatable bonds is 5. The second-order valence-corrected chi connectivity index (χ2v) is 8.44. The molecule has 3 heterocycles. The molecule has 0 N–H and O–H groups in total. The Hall–Kier alpha value is -1.90. The average molecular weight is 388 g/mol. The van der Waals surface area contributed by atoms with Gasteiger partial charge in [-0.1, -0.05) is 37.7 Å². The van der Waals surface area contributed by atoms with E-state index < -0.39 is 0 Å². The molecule has 0 radical (unpaired) electrons. The van der Waals surface area contributed by atoms with Crippen LogP contribution in [0.25, 0.3) is 16.7 Å². The van der Waals surface area contributed by atoms with Crippen LogP contribution in [0.1, 0.15) is 13.8 Å². The molecule has 1 atom stereocenters. The van der Waals surface area contributed by atoms with Gasteiger partial charge in [-0.05, 0) is 18.1 Å². The summed E-state index contributed by atoms with van der Waals surface area (Å²) in [7, 11) is 1.74. The van der Waals surface area contributed by atoms with E-state index in [1.807, 2.05) is 28.7 Å². The zero-order valence-electron chi connectivity index (χ0n) is 16.0. The lowest BCUT2D eigenvalue weighted by atomic mass is 10.2. The van der Waals surface area contributed by atoms with Crippen LogP contribution >= 0.6 is 11.8 Å². The highest BCUT2D eigenvalue weighted by molar-refractivity contribution is 7.99. The van der Waals surface area contributed by atoms with Crippen LogP contribution in [0, 0.1) is 5.92 Å². The van der Waals surface area contributed by atoms with Crippen LogP contribution in [0.15, 0.2) is 34.2 Å². The second kappa shape index (κ2) is 7.61. The molecule has 1 fully saturated rings. The first-order chi connectivity index (χ1) is 13.0. The number of aromatic nitrogens is 4. The summed E-state index contributed by atoms with van der Waals surface area (Å²) in [4.78, 5) is 15.0. The molecule has 27 heavy (non-hydrogen) atoms. The third-order valence-corrected chi connectivity index (χ3v) is 5.90. The van der Waals surface area contributed by atoms with Crippen LogP contribution in [0.3, 0.4) is 0 Å². The van der Waals surface area contributed by atoms with E-state index in [9.17, 15) is 4.79 Å². The Morgan fingerprint density at radius 3 is 2.93 bits per heavy atom. The van der Waals surface area contributed by atoms with Gasteiger partial charge in [0.15, 0.2) is 5.16 Å². The highest BCUT2D eigenvalue weighted by atomic mass is 32.2. The van der Waals surface area contributed by atoms with Crippen molar-refractivity contribution in [1.82, 2.24) is 24.1 Å². The first kappa shape index (κ1) is 18.5. The molecule has 8 heteroatoms. The van der Waals surface area contributed by atoms with E-state index in [2.05, 4.69) is 28.9 Å². The van der Waals surface area contributed by atoms with Crippen LogP contribution in [0.5, 0.6) is 0 Å². The van der Waals surface area contributed by atoms with Crippen molar-refractivity contribution >= 4 is 28.4 Å². The Morgan fingerprint density at radius 2 is 2.11 bits per heavy atom. The summed E-state index contributed by atoms with van der Waals surface area (Å²) in [6, 6.07) is 7.61. The average Bonchev–Trinajstić information content (AvgIpc) is 3.08. The Labute approximate surface area is 162 Å². The summed E-state index contributed by atoms with van der Waals surface area (Å²) >= 11 is 1.64. The highest BCUT2D eigenvalue weighted by Crippen LogP contribution is 2.23. The van der Waals surface area contributed by atoms with E-state index in [1.165, 1.54) is 0 Å². The second-order valence-electron chi connectivity index (χ2n) is 7.46. The molecule has 0 spiro atoms. The molecule has 1 aliphatic rings. The summed E-state index contributed by atoms with van der Waals surface area (Å²) in [5, 5.41) is 10.1. The fourth-order valence-corrected chi connectivity index (χ4v) is 4.58. The maximum absolute atomic E-state index is 12.5. The first-order valence-corrected chi connectivity index (χ1v) is 10.3. The van der Waals surface area contributed by atoms with Gasteiger partial charge in [-0.15, -0.1) is 10.2 Å². The summed E-state index contributed by atoms with van der Waals surface area (Å²) in [5.41, 5.74) is 0.788. The lowest BCUT2D eigenvalue weighted by molar-refractivity contribution is -0.0191. The minimum atomic E-state index is -0.0537. The topological polar surface area (TPSA) is 64.7 Å². The Morgan fingerprint density at radius 1 is 1.30 bits per heavy atom. The zero-order chi connectivity index (χ0) is 19.0. The Bertz CT molecular complexity index is 1010. The van der Waals surface area contributed by atoms with E-state index in [-0.39, 0.29) is 11.7 Å². The predicted molar refractivity (Wildman–Crippen MR) is 107 cm³/mol. The fourth-order valence-electron chi connectivity index (χ4n) is 3.64. The summed E-state index contributed by atoms with van der Waals surface area (Å²) in [6.07, 6.45) is 0.175. The van der Waals surface area contributed by atoms with Crippen molar-refractivity contribution in [2.75, 3.05) is 32.0 Å². The van der Waals surface area contributed by atoms with Crippen molar-refractivity contribution in [3.05, 3.63) is 34.6 Å². The van der Waals surface area contributed by atoms with Gasteiger partial charge in [-0.2, -0.15) is 0 Å². The van der Waals surface area contributed by atoms with Gasteiger partial charge >= 0.3 is 0 Å². The molecular formula is C19H25N5O2S. The molecule has 1 aromatic carbocycles. The summed E-state index contributed by atoms with van der Waals surface area (Å²) in [6.45, 7) is 8.32. The lowest BCUT2D eigenvalue weighted by Gasteiger charge is -2.33. The molecule has 2 aromatic heterocycles. The monoisotopic (exact) mass is 387 g/mol. The van der Waals surface area contributed by atoms with Gasteiger partial charge in [0, 0.05) is 32.4 Å². The molecule has 0 amide bonds. The van der Waals surface area contributed by atoms with Gasteiger partial charge < -0.3 is 4.74 Å². The fraction of sp³-hybridized carbons (Fsp3) is 0.526. The lowest BCUT2D eigenvalue weighted by Crippen LogP contribution is -2.44. The van der Waals surface area contributed by atoms with Crippen molar-refractivity contribution in [2.45, 2.75) is 25.1 Å². The minimum Gasteiger partial charge on any atom is -0.375 e. The van der Waals surface area contributed by atoms with Gasteiger partial charge in [-0.3, -0.25) is 18.7 Å². The molecule has 0 unspecified atom stereocenters. The van der Waals surface area contributed by atoms with Crippen molar-refractivity contribution in [3.8, 4) is 0 Å². The molecular weight excluding hydrogens is 362 g/mol. The van der Waals surface area contributed by atoms with Crippen LogP contribution in [-0.2, 0) is 11.8 Å². The number of morpholine rings is 1. The van der Waals surface area contributed by atoms with Gasteiger partial charge in [-0.25, -0.2) is 0 Å². The van der Waals surface area contributed by atoms with Crippen molar-refractivity contribution < 1.29 is 4.74 Å². The quantitative estimate of drug-likeness (QED) is 0.624. The van der Waals surface area contributed by atoms with Crippen molar-refractivity contribution in [1.29, 1.82) is 0 Å². The Balaban J connectivity index is 1.59. The van der Waals surface area contributed by atoms with Crippen LogP contribution < -0.4 is 5.56 Å². The van der Waals surface area contributed by atoms with Gasteiger partial charge in [0.1, 0.15) is 0 Å². The molecule has 3 aromatic rings. The third-order valence-electron chi connectivity index (χ3n) is 4.84. The summed E-state index contributed by atoms with van der Waals surface area (Å²) in [5.74, 6) is 2.03. The number of fused-ring (bicyclic) bond motifs is 3. The van der Waals surface area contributed by atoms with Crippen molar-refractivity contribution in [2.24, 2.45) is 13.0 Å². The zero-order valence-corrected chi connectivity index (χ0v) is 16.8. The van der Waals surface area contributed by atoms with E-state index in [1.54, 1.807) is 23.4 Å². The number of nitrogens with zero attached hydrogens (tertiary/aromatic N) is 5. The van der Waals surface area contributed by atoms with E-state index in [0.717, 1.165) is 42.7 Å². The number of benzene rings is 1. The SMILES string of the molecule is CC(C)CN1CCO[C@H](CSc2nnc3n(C)c(=O)c4ccccc4n23)C1. The number of aryl methyl sites for hydroxylation is 1. The maximum Gasteiger partial charge on any atom is 0.262 e. The van der Waals surface area contributed by atoms with Crippen molar-refractivity contribution in [3.63, 3.8) is 0 Å². The van der Waals surface area contributed by atoms with Gasteiger partial charge in [0.25, 0.3) is 5.56 Å². The van der Waals surface area contributed by atoms with Crippen LogP contribution in [0.2, 0.25) is 0 Å². The molecule has 4 rings (SSSR count). The molecule has 0 aliphatic carbocycles. The number of hydrogen-bond donors (Lipinski definition) is 0. The first-order valence-electron chi connectivity index (χ1n) is 9.34.